The molecule has 1 saturated heterocycles. The van der Waals surface area contributed by atoms with Crippen LogP contribution < -0.4 is 4.90 Å². The van der Waals surface area contributed by atoms with Gasteiger partial charge in [0, 0.05) is 12.8 Å². The monoisotopic (exact) mass is 282 g/mol. The Hall–Kier alpha value is -2.15. The topological polar surface area (TPSA) is 61.2 Å². The van der Waals surface area contributed by atoms with E-state index in [1.165, 1.54) is 4.90 Å². The minimum Gasteiger partial charge on any atom is -0.274 e. The van der Waals surface area contributed by atoms with Crippen LogP contribution in [0.3, 0.4) is 0 Å². The summed E-state index contributed by atoms with van der Waals surface area (Å²) in [6.45, 7) is 1.86. The third-order valence-corrected chi connectivity index (χ3v) is 4.79. The van der Waals surface area contributed by atoms with Crippen molar-refractivity contribution >= 4 is 17.5 Å². The molecule has 1 aromatic carbocycles. The fraction of sp³-hybridized carbons (Fsp3) is 0.471. The average molecular weight is 282 g/mol. The third-order valence-electron chi connectivity index (χ3n) is 4.79. The zero-order valence-electron chi connectivity index (χ0n) is 12.2. The van der Waals surface area contributed by atoms with Crippen molar-refractivity contribution in [2.75, 3.05) is 4.90 Å². The molecule has 2 fully saturated rings. The standard InChI is InChI=1S/C17H18N2O2/c1-12-4-5-13(11-18)8-14(12)19-15(20)9-17(10-16(19)21)6-2-3-7-17/h4-5,8H,2-3,6-7,9-10H2,1H3. The molecule has 0 atom stereocenters. The van der Waals surface area contributed by atoms with Crippen molar-refractivity contribution in [3.8, 4) is 6.07 Å². The molecule has 4 nitrogen and oxygen atoms in total. The number of nitriles is 1. The first kappa shape index (κ1) is 13.8. The molecule has 1 aliphatic heterocycles. The van der Waals surface area contributed by atoms with E-state index < -0.39 is 0 Å². The number of piperidine rings is 1. The molecule has 2 amide bonds. The highest BCUT2D eigenvalue weighted by molar-refractivity contribution is 6.17. The van der Waals surface area contributed by atoms with Crippen LogP contribution in [0.5, 0.6) is 0 Å². The summed E-state index contributed by atoms with van der Waals surface area (Å²) in [5, 5.41) is 9.01. The van der Waals surface area contributed by atoms with Crippen LogP contribution in [0.4, 0.5) is 5.69 Å². The molecule has 1 aromatic rings. The van der Waals surface area contributed by atoms with Gasteiger partial charge in [-0.1, -0.05) is 18.9 Å². The first-order chi connectivity index (χ1) is 10.0. The van der Waals surface area contributed by atoms with Gasteiger partial charge in [0.15, 0.2) is 0 Å². The van der Waals surface area contributed by atoms with Gasteiger partial charge >= 0.3 is 0 Å². The average Bonchev–Trinajstić information content (AvgIpc) is 2.87. The highest BCUT2D eigenvalue weighted by Gasteiger charge is 2.45. The Morgan fingerprint density at radius 1 is 1.14 bits per heavy atom. The number of benzene rings is 1. The van der Waals surface area contributed by atoms with E-state index in [4.69, 9.17) is 5.26 Å². The molecule has 3 rings (SSSR count). The van der Waals surface area contributed by atoms with Crippen molar-refractivity contribution < 1.29 is 9.59 Å². The number of imide groups is 1. The van der Waals surface area contributed by atoms with Gasteiger partial charge in [0.1, 0.15) is 0 Å². The number of aryl methyl sites for hydroxylation is 1. The van der Waals surface area contributed by atoms with Crippen LogP contribution in [-0.4, -0.2) is 11.8 Å². The molecule has 2 aliphatic rings. The Kier molecular flexibility index (Phi) is 3.29. The van der Waals surface area contributed by atoms with E-state index in [2.05, 4.69) is 6.07 Å². The number of amides is 2. The van der Waals surface area contributed by atoms with E-state index in [9.17, 15) is 9.59 Å². The number of hydrogen-bond acceptors (Lipinski definition) is 3. The normalized spacial score (nSPS) is 20.9. The molecule has 1 aliphatic carbocycles. The van der Waals surface area contributed by atoms with Gasteiger partial charge in [-0.3, -0.25) is 14.5 Å². The van der Waals surface area contributed by atoms with Crippen LogP contribution in [0.25, 0.3) is 0 Å². The second-order valence-electron chi connectivity index (χ2n) is 6.30. The number of nitrogens with zero attached hydrogens (tertiary/aromatic N) is 2. The van der Waals surface area contributed by atoms with E-state index in [1.54, 1.807) is 18.2 Å². The fourth-order valence-electron chi connectivity index (χ4n) is 3.67. The number of rotatable bonds is 1. The summed E-state index contributed by atoms with van der Waals surface area (Å²) in [4.78, 5) is 26.4. The summed E-state index contributed by atoms with van der Waals surface area (Å²) in [6.07, 6.45) is 5.10. The Bertz CT molecular complexity index is 631. The van der Waals surface area contributed by atoms with Crippen molar-refractivity contribution in [3.05, 3.63) is 29.3 Å². The SMILES string of the molecule is Cc1ccc(C#N)cc1N1C(=O)CC2(CCCC2)CC1=O. The van der Waals surface area contributed by atoms with E-state index in [1.807, 2.05) is 6.92 Å². The Morgan fingerprint density at radius 2 is 1.76 bits per heavy atom. The predicted octanol–water partition coefficient (Wildman–Crippen LogP) is 3.08. The van der Waals surface area contributed by atoms with Gasteiger partial charge in [-0.05, 0) is 42.9 Å². The molecule has 21 heavy (non-hydrogen) atoms. The number of hydrogen-bond donors (Lipinski definition) is 0. The molecule has 0 radical (unpaired) electrons. The molecule has 0 aromatic heterocycles. The van der Waals surface area contributed by atoms with Crippen LogP contribution in [0.2, 0.25) is 0 Å². The Balaban J connectivity index is 1.95. The Labute approximate surface area is 124 Å². The summed E-state index contributed by atoms with van der Waals surface area (Å²) in [7, 11) is 0. The summed E-state index contributed by atoms with van der Waals surface area (Å²) >= 11 is 0. The van der Waals surface area contributed by atoms with Crippen LogP contribution in [0, 0.1) is 23.7 Å². The number of carbonyl (C=O) groups is 2. The maximum Gasteiger partial charge on any atom is 0.234 e. The maximum atomic E-state index is 12.5. The second-order valence-corrected chi connectivity index (χ2v) is 6.30. The van der Waals surface area contributed by atoms with E-state index in [0.29, 0.717) is 24.1 Å². The zero-order chi connectivity index (χ0) is 15.0. The van der Waals surface area contributed by atoms with Gasteiger partial charge < -0.3 is 0 Å². The first-order valence-corrected chi connectivity index (χ1v) is 7.41. The highest BCUT2D eigenvalue weighted by Crippen LogP contribution is 2.47. The van der Waals surface area contributed by atoms with E-state index >= 15 is 0 Å². The van der Waals surface area contributed by atoms with Crippen molar-refractivity contribution in [2.45, 2.75) is 45.4 Å². The first-order valence-electron chi connectivity index (χ1n) is 7.41. The van der Waals surface area contributed by atoms with E-state index in [0.717, 1.165) is 31.2 Å². The summed E-state index contributed by atoms with van der Waals surface area (Å²) < 4.78 is 0. The summed E-state index contributed by atoms with van der Waals surface area (Å²) in [5.41, 5.74) is 1.79. The Morgan fingerprint density at radius 3 is 2.33 bits per heavy atom. The van der Waals surface area contributed by atoms with Gasteiger partial charge in [-0.2, -0.15) is 5.26 Å². The smallest absolute Gasteiger partial charge is 0.234 e. The van der Waals surface area contributed by atoms with Crippen LogP contribution in [0.1, 0.15) is 49.7 Å². The third kappa shape index (κ3) is 2.33. The second kappa shape index (κ2) is 5.00. The fourth-order valence-corrected chi connectivity index (χ4v) is 3.67. The molecule has 0 bridgehead atoms. The van der Waals surface area contributed by atoms with Crippen LogP contribution >= 0.6 is 0 Å². The maximum absolute atomic E-state index is 12.5. The van der Waals surface area contributed by atoms with Crippen molar-refractivity contribution in [1.82, 2.24) is 0 Å². The molecular weight excluding hydrogens is 264 g/mol. The zero-order valence-corrected chi connectivity index (χ0v) is 12.2. The minimum atomic E-state index is -0.119. The molecule has 108 valence electrons. The van der Waals surface area contributed by atoms with Crippen molar-refractivity contribution in [2.24, 2.45) is 5.41 Å². The molecule has 0 unspecified atom stereocenters. The lowest BCUT2D eigenvalue weighted by atomic mass is 9.76. The van der Waals surface area contributed by atoms with Gasteiger partial charge in [-0.25, -0.2) is 0 Å². The molecule has 4 heteroatoms. The van der Waals surface area contributed by atoms with Crippen LogP contribution in [-0.2, 0) is 9.59 Å². The quantitative estimate of drug-likeness (QED) is 0.744. The van der Waals surface area contributed by atoms with E-state index in [-0.39, 0.29) is 17.2 Å². The van der Waals surface area contributed by atoms with Crippen molar-refractivity contribution in [3.63, 3.8) is 0 Å². The van der Waals surface area contributed by atoms with Gasteiger partial charge in [-0.15, -0.1) is 0 Å². The lowest BCUT2D eigenvalue weighted by molar-refractivity contribution is -0.133. The van der Waals surface area contributed by atoms with Gasteiger partial charge in [0.2, 0.25) is 11.8 Å². The molecule has 0 N–H and O–H groups in total. The van der Waals surface area contributed by atoms with Gasteiger partial charge in [0.25, 0.3) is 0 Å². The highest BCUT2D eigenvalue weighted by atomic mass is 16.2. The lowest BCUT2D eigenvalue weighted by Gasteiger charge is -2.37. The van der Waals surface area contributed by atoms with Gasteiger partial charge in [0.05, 0.1) is 17.3 Å². The minimum absolute atomic E-state index is 0.0919. The summed E-state index contributed by atoms with van der Waals surface area (Å²) in [6, 6.07) is 7.19. The molecule has 1 saturated carbocycles. The summed E-state index contributed by atoms with van der Waals surface area (Å²) in [5.74, 6) is -0.238. The number of carbonyl (C=O) groups excluding carboxylic acids is 2. The lowest BCUT2D eigenvalue weighted by Crippen LogP contribution is -2.47. The number of anilines is 1. The van der Waals surface area contributed by atoms with Crippen LogP contribution in [0.15, 0.2) is 18.2 Å². The molecule has 1 spiro atoms. The molecule has 1 heterocycles. The largest absolute Gasteiger partial charge is 0.274 e. The van der Waals surface area contributed by atoms with Crippen molar-refractivity contribution in [1.29, 1.82) is 5.26 Å². The predicted molar refractivity (Wildman–Crippen MR) is 78.5 cm³/mol. The molecular formula is C17H18N2O2.